The van der Waals surface area contributed by atoms with Crippen molar-refractivity contribution in [2.24, 2.45) is 7.05 Å². The van der Waals surface area contributed by atoms with Crippen LogP contribution in [0.15, 0.2) is 91.1 Å². The molecule has 4 aromatic carbocycles. The number of aryl methyl sites for hydroxylation is 6. The molecule has 0 bridgehead atoms. The molecule has 3 heteroatoms. The summed E-state index contributed by atoms with van der Waals surface area (Å²) < 4.78 is 102. The Balaban J connectivity index is 1.71. The van der Waals surface area contributed by atoms with Gasteiger partial charge in [0, 0.05) is 28.1 Å². The number of rotatable bonds is 3. The third-order valence-electron chi connectivity index (χ3n) is 8.13. The van der Waals surface area contributed by atoms with Crippen molar-refractivity contribution in [1.82, 2.24) is 0 Å². The van der Waals surface area contributed by atoms with E-state index in [0.29, 0.717) is 33.2 Å². The van der Waals surface area contributed by atoms with Crippen LogP contribution in [-0.4, -0.2) is 13.4 Å². The van der Waals surface area contributed by atoms with Crippen LogP contribution in [0.1, 0.15) is 49.8 Å². The Kier molecular flexibility index (Phi) is 3.76. The van der Waals surface area contributed by atoms with Crippen molar-refractivity contribution in [2.45, 2.75) is 41.3 Å². The molecule has 1 nitrogen and oxygen atoms in total. The van der Waals surface area contributed by atoms with Crippen molar-refractivity contribution in [3.05, 3.63) is 125 Å². The number of aromatic nitrogens is 1. The Bertz CT molecular complexity index is 2080. The number of hydrogen-bond donors (Lipinski definition) is 0. The maximum Gasteiger partial charge on any atom is 0.240 e. The Morgan fingerprint density at radius 1 is 0.590 bits per heavy atom. The normalized spacial score (nSPS) is 18.2. The molecule has 0 saturated carbocycles. The van der Waals surface area contributed by atoms with Gasteiger partial charge in [0.15, 0.2) is 6.20 Å². The lowest BCUT2D eigenvalue weighted by atomic mass is 9.20. The van der Waals surface area contributed by atoms with Crippen LogP contribution in [-0.2, 0) is 7.05 Å². The Morgan fingerprint density at radius 2 is 1.15 bits per heavy atom. The van der Waals surface area contributed by atoms with Gasteiger partial charge in [0.2, 0.25) is 19.1 Å². The van der Waals surface area contributed by atoms with E-state index >= 15 is 0 Å². The first kappa shape index (κ1) is 15.1. The molecule has 5 aromatic rings. The molecule has 1 aliphatic rings. The van der Waals surface area contributed by atoms with E-state index in [4.69, 9.17) is 16.4 Å². The van der Waals surface area contributed by atoms with Crippen LogP contribution in [0.4, 0.5) is 0 Å². The van der Waals surface area contributed by atoms with E-state index in [0.717, 1.165) is 16.5 Å². The van der Waals surface area contributed by atoms with E-state index in [9.17, 15) is 0 Å². The lowest BCUT2D eigenvalue weighted by Gasteiger charge is -2.34. The molecule has 1 aliphatic heterocycles. The minimum Gasteiger partial charge on any atom is -0.201 e. The molecule has 190 valence electrons. The average molecular weight is 516 g/mol. The van der Waals surface area contributed by atoms with Gasteiger partial charge in [-0.05, 0) is 58.4 Å². The topological polar surface area (TPSA) is 3.88 Å². The third-order valence-corrected chi connectivity index (χ3v) is 8.13. The number of fused-ring (bicyclic) bond motifs is 2. The van der Waals surface area contributed by atoms with Crippen molar-refractivity contribution in [3.63, 3.8) is 0 Å². The Morgan fingerprint density at radius 3 is 1.67 bits per heavy atom. The van der Waals surface area contributed by atoms with Crippen molar-refractivity contribution in [1.29, 1.82) is 0 Å². The van der Waals surface area contributed by atoms with Gasteiger partial charge in [-0.1, -0.05) is 122 Å². The summed E-state index contributed by atoms with van der Waals surface area (Å²) in [5, 5.41) is 0. The number of benzene rings is 4. The molecule has 39 heavy (non-hydrogen) atoms. The van der Waals surface area contributed by atoms with Gasteiger partial charge in [0.05, 0.1) is 5.56 Å². The van der Waals surface area contributed by atoms with Crippen LogP contribution in [0.5, 0.6) is 0 Å². The molecule has 0 fully saturated rings. The standard InChI is InChI=1S/C36H36B2N/c1-23-19-20-33(39(7)22-23)34-26(4)21-27(5)36(28(34)6)38-31-17-10-8-15-29(31)37(30-16-9-11-18-32(30)38)35-24(2)13-12-14-25(35)3/h8-22H,1-7H3/q+1/i1D3,2D3,3D3,5D3. The van der Waals surface area contributed by atoms with Crippen LogP contribution in [0.2, 0.25) is 0 Å². The second-order valence-electron chi connectivity index (χ2n) is 10.5. The largest absolute Gasteiger partial charge is 0.240 e. The fourth-order valence-electron chi connectivity index (χ4n) is 6.54. The van der Waals surface area contributed by atoms with E-state index < -0.39 is 40.8 Å². The highest BCUT2D eigenvalue weighted by Crippen LogP contribution is 2.26. The van der Waals surface area contributed by atoms with E-state index in [-0.39, 0.29) is 27.7 Å². The van der Waals surface area contributed by atoms with Crippen LogP contribution in [0, 0.1) is 41.3 Å². The summed E-state index contributed by atoms with van der Waals surface area (Å²) in [7, 11) is 1.77. The van der Waals surface area contributed by atoms with Crippen LogP contribution < -0.4 is 37.3 Å². The first-order valence-corrected chi connectivity index (χ1v) is 13.1. The molecule has 6 rings (SSSR count). The van der Waals surface area contributed by atoms with E-state index in [1.807, 2.05) is 62.4 Å². The number of pyridine rings is 1. The third kappa shape index (κ3) is 4.07. The maximum absolute atomic E-state index is 8.72. The van der Waals surface area contributed by atoms with Gasteiger partial charge in [-0.3, -0.25) is 0 Å². The lowest BCUT2D eigenvalue weighted by Crippen LogP contribution is -2.75. The van der Waals surface area contributed by atoms with Gasteiger partial charge >= 0.3 is 0 Å². The summed E-state index contributed by atoms with van der Waals surface area (Å²) in [4.78, 5) is 0. The molecule has 0 amide bonds. The zero-order chi connectivity index (χ0) is 37.4. The average Bonchev–Trinajstić information content (AvgIpc) is 3.02. The van der Waals surface area contributed by atoms with E-state index in [1.165, 1.54) is 18.2 Å². The van der Waals surface area contributed by atoms with Gasteiger partial charge in [-0.15, -0.1) is 0 Å². The molecule has 0 saturated heterocycles. The molecule has 2 heterocycles. The van der Waals surface area contributed by atoms with Gasteiger partial charge < -0.3 is 0 Å². The Hall–Kier alpha value is -3.84. The van der Waals surface area contributed by atoms with Crippen molar-refractivity contribution >= 4 is 46.2 Å². The minimum atomic E-state index is -2.61. The number of nitrogens with zero attached hydrogens (tertiary/aromatic N) is 1. The molecule has 0 unspecified atom stereocenters. The zero-order valence-corrected chi connectivity index (χ0v) is 22.3. The fraction of sp³-hybridized carbons (Fsp3) is 0.194. The smallest absolute Gasteiger partial charge is 0.201 e. The highest BCUT2D eigenvalue weighted by molar-refractivity contribution is 7.11. The van der Waals surface area contributed by atoms with Gasteiger partial charge in [-0.25, -0.2) is 4.57 Å². The highest BCUT2D eigenvalue weighted by Gasteiger charge is 2.40. The summed E-state index contributed by atoms with van der Waals surface area (Å²) >= 11 is 0. The van der Waals surface area contributed by atoms with Crippen LogP contribution >= 0.6 is 0 Å². The first-order chi connectivity index (χ1) is 23.6. The SMILES string of the molecule is [2H]C([2H])([2H])c1ccc(-c2c(C)cc(C([2H])([2H])[2H])c(B3c4ccccc4B(c4c(C([2H])([2H])[2H])cccc4C([2H])([2H])[2H])c4ccccc43)c2C)[n+](C)c1. The fourth-order valence-corrected chi connectivity index (χ4v) is 6.54. The zero-order valence-electron chi connectivity index (χ0n) is 34.3. The molecule has 0 spiro atoms. The molecule has 0 aliphatic carbocycles. The molecule has 1 aromatic heterocycles. The molecule has 0 atom stereocenters. The summed E-state index contributed by atoms with van der Waals surface area (Å²) in [5.41, 5.74) is 6.77. The first-order valence-electron chi connectivity index (χ1n) is 19.1. The highest BCUT2D eigenvalue weighted by atomic mass is 14.9. The predicted octanol–water partition coefficient (Wildman–Crippen LogP) is 3.37. The molecular weight excluding hydrogens is 468 g/mol. The second kappa shape index (κ2) is 9.72. The quantitative estimate of drug-likeness (QED) is 0.251. The van der Waals surface area contributed by atoms with Crippen molar-refractivity contribution in [2.75, 3.05) is 0 Å². The molecule has 0 radical (unpaired) electrons. The summed E-state index contributed by atoms with van der Waals surface area (Å²) in [6.07, 6.45) is 1.57. The maximum atomic E-state index is 8.72. The second-order valence-corrected chi connectivity index (χ2v) is 10.5. The lowest BCUT2D eigenvalue weighted by molar-refractivity contribution is -0.660. The number of hydrogen-bond acceptors (Lipinski definition) is 0. The monoisotopic (exact) mass is 516 g/mol. The summed E-state index contributed by atoms with van der Waals surface area (Å²) in [6, 6.07) is 24.3. The van der Waals surface area contributed by atoms with E-state index in [1.54, 1.807) is 36.0 Å². The molecule has 0 N–H and O–H groups in total. The summed E-state index contributed by atoms with van der Waals surface area (Å²) in [6.45, 7) is -7.70. The van der Waals surface area contributed by atoms with Crippen LogP contribution in [0.25, 0.3) is 11.3 Å². The minimum absolute atomic E-state index is 0.0471. The predicted molar refractivity (Wildman–Crippen MR) is 170 cm³/mol. The van der Waals surface area contributed by atoms with Gasteiger partial charge in [0.1, 0.15) is 7.05 Å². The molecular formula is C36H36B2N+. The van der Waals surface area contributed by atoms with Crippen molar-refractivity contribution < 1.29 is 21.0 Å². The summed E-state index contributed by atoms with van der Waals surface area (Å²) in [5.74, 6) is 0. The van der Waals surface area contributed by atoms with Gasteiger partial charge in [0.25, 0.3) is 0 Å². The van der Waals surface area contributed by atoms with E-state index in [2.05, 4.69) is 0 Å². The van der Waals surface area contributed by atoms with Crippen LogP contribution in [0.3, 0.4) is 0 Å². The van der Waals surface area contributed by atoms with Gasteiger partial charge in [-0.2, -0.15) is 0 Å². The Labute approximate surface area is 251 Å². The van der Waals surface area contributed by atoms with Crippen molar-refractivity contribution in [3.8, 4) is 11.3 Å².